The van der Waals surface area contributed by atoms with Gasteiger partial charge in [-0.1, -0.05) is 18.2 Å². The van der Waals surface area contributed by atoms with Gasteiger partial charge in [0.1, 0.15) is 0 Å². The first-order valence-electron chi connectivity index (χ1n) is 5.92. The van der Waals surface area contributed by atoms with Crippen LogP contribution in [0.1, 0.15) is 15.9 Å². The molecule has 0 fully saturated rings. The summed E-state index contributed by atoms with van der Waals surface area (Å²) in [5.74, 6) is -0.394. The van der Waals surface area contributed by atoms with Gasteiger partial charge in [0.05, 0.1) is 24.0 Å². The van der Waals surface area contributed by atoms with Gasteiger partial charge in [0.2, 0.25) is 0 Å². The largest absolute Gasteiger partial charge is 0.465 e. The molecule has 0 atom stereocenters. The second kappa shape index (κ2) is 5.44. The lowest BCUT2D eigenvalue weighted by atomic mass is 10.1. The third-order valence-electron chi connectivity index (χ3n) is 2.89. The molecule has 98 valence electrons. The van der Waals surface area contributed by atoms with E-state index in [1.54, 1.807) is 18.2 Å². The van der Waals surface area contributed by atoms with E-state index in [0.717, 1.165) is 16.9 Å². The molecule has 0 aliphatic heterocycles. The van der Waals surface area contributed by atoms with Crippen molar-refractivity contribution in [1.82, 2.24) is 0 Å². The molecule has 0 amide bonds. The van der Waals surface area contributed by atoms with Gasteiger partial charge in [-0.15, -0.1) is 0 Å². The van der Waals surface area contributed by atoms with Crippen LogP contribution in [0.2, 0.25) is 0 Å². The van der Waals surface area contributed by atoms with Crippen molar-refractivity contribution in [3.63, 3.8) is 0 Å². The first kappa shape index (κ1) is 13.0. The van der Waals surface area contributed by atoms with Crippen LogP contribution in [-0.2, 0) is 4.74 Å². The van der Waals surface area contributed by atoms with Crippen LogP contribution in [0.4, 0.5) is 17.1 Å². The fraction of sp³-hybridized carbons (Fsp3) is 0.133. The van der Waals surface area contributed by atoms with Crippen LogP contribution in [0.15, 0.2) is 42.5 Å². The molecule has 4 nitrogen and oxygen atoms in total. The third kappa shape index (κ3) is 2.85. The molecule has 0 saturated carbocycles. The predicted molar refractivity (Wildman–Crippen MR) is 76.7 cm³/mol. The van der Waals surface area contributed by atoms with Gasteiger partial charge in [0.15, 0.2) is 0 Å². The number of carbonyl (C=O) groups is 1. The van der Waals surface area contributed by atoms with Gasteiger partial charge in [0, 0.05) is 5.69 Å². The van der Waals surface area contributed by atoms with Gasteiger partial charge in [0.25, 0.3) is 0 Å². The highest BCUT2D eigenvalue weighted by Crippen LogP contribution is 2.26. The average Bonchev–Trinajstić information content (AvgIpc) is 2.42. The standard InChI is InChI=1S/C15H16N2O2/c1-10-5-3-4-6-13(10)17-14-8-7-11(9-12(14)16)15(18)19-2/h3-9,17H,16H2,1-2H3. The maximum atomic E-state index is 11.4. The van der Waals surface area contributed by atoms with E-state index in [1.165, 1.54) is 7.11 Å². The van der Waals surface area contributed by atoms with Gasteiger partial charge in [-0.2, -0.15) is 0 Å². The summed E-state index contributed by atoms with van der Waals surface area (Å²) in [4.78, 5) is 11.4. The number of ether oxygens (including phenoxy) is 1. The Morgan fingerprint density at radius 2 is 1.89 bits per heavy atom. The summed E-state index contributed by atoms with van der Waals surface area (Å²) in [6.07, 6.45) is 0. The number of benzene rings is 2. The van der Waals surface area contributed by atoms with E-state index in [1.807, 2.05) is 31.2 Å². The lowest BCUT2D eigenvalue weighted by Crippen LogP contribution is -2.04. The van der Waals surface area contributed by atoms with Crippen molar-refractivity contribution in [1.29, 1.82) is 0 Å². The molecule has 2 aromatic rings. The van der Waals surface area contributed by atoms with E-state index in [-0.39, 0.29) is 0 Å². The number of anilines is 3. The van der Waals surface area contributed by atoms with Crippen molar-refractivity contribution < 1.29 is 9.53 Å². The monoisotopic (exact) mass is 256 g/mol. The number of nitrogens with one attached hydrogen (secondary N) is 1. The molecule has 19 heavy (non-hydrogen) atoms. The number of methoxy groups -OCH3 is 1. The molecule has 0 spiro atoms. The zero-order valence-electron chi connectivity index (χ0n) is 10.9. The van der Waals surface area contributed by atoms with Gasteiger partial charge in [-0.05, 0) is 36.8 Å². The number of carbonyl (C=O) groups excluding carboxylic acids is 1. The second-order valence-electron chi connectivity index (χ2n) is 4.23. The molecule has 2 rings (SSSR count). The molecule has 0 heterocycles. The predicted octanol–water partition coefficient (Wildman–Crippen LogP) is 3.11. The van der Waals surface area contributed by atoms with Crippen molar-refractivity contribution in [2.45, 2.75) is 6.92 Å². The van der Waals surface area contributed by atoms with Crippen LogP contribution in [0.5, 0.6) is 0 Å². The number of rotatable bonds is 3. The van der Waals surface area contributed by atoms with Crippen LogP contribution in [0.3, 0.4) is 0 Å². The highest BCUT2D eigenvalue weighted by molar-refractivity contribution is 5.92. The fourth-order valence-corrected chi connectivity index (χ4v) is 1.78. The van der Waals surface area contributed by atoms with E-state index in [2.05, 4.69) is 10.1 Å². The minimum absolute atomic E-state index is 0.394. The van der Waals surface area contributed by atoms with Crippen molar-refractivity contribution in [2.24, 2.45) is 0 Å². The molecule has 0 aliphatic rings. The SMILES string of the molecule is COC(=O)c1ccc(Nc2ccccc2C)c(N)c1. The summed E-state index contributed by atoms with van der Waals surface area (Å²) in [6.45, 7) is 2.02. The summed E-state index contributed by atoms with van der Waals surface area (Å²) < 4.78 is 4.65. The number of aryl methyl sites for hydroxylation is 1. The average molecular weight is 256 g/mol. The molecule has 2 aromatic carbocycles. The first-order chi connectivity index (χ1) is 9.11. The summed E-state index contributed by atoms with van der Waals surface area (Å²) in [6, 6.07) is 13.0. The van der Waals surface area contributed by atoms with E-state index in [9.17, 15) is 4.79 Å². The normalized spacial score (nSPS) is 10.0. The molecule has 0 bridgehead atoms. The zero-order chi connectivity index (χ0) is 13.8. The maximum absolute atomic E-state index is 11.4. The van der Waals surface area contributed by atoms with Crippen LogP contribution in [0.25, 0.3) is 0 Å². The number of esters is 1. The number of para-hydroxylation sites is 1. The Kier molecular flexibility index (Phi) is 3.71. The van der Waals surface area contributed by atoms with E-state index in [4.69, 9.17) is 5.73 Å². The van der Waals surface area contributed by atoms with Crippen LogP contribution < -0.4 is 11.1 Å². The Morgan fingerprint density at radius 3 is 2.53 bits per heavy atom. The summed E-state index contributed by atoms with van der Waals surface area (Å²) in [5, 5.41) is 3.25. The lowest BCUT2D eigenvalue weighted by Gasteiger charge is -2.12. The topological polar surface area (TPSA) is 64.3 Å². The van der Waals surface area contributed by atoms with Gasteiger partial charge in [-0.3, -0.25) is 0 Å². The van der Waals surface area contributed by atoms with Gasteiger partial charge < -0.3 is 15.8 Å². The Labute approximate surface area is 112 Å². The third-order valence-corrected chi connectivity index (χ3v) is 2.89. The van der Waals surface area contributed by atoms with Crippen molar-refractivity contribution in [3.8, 4) is 0 Å². The second-order valence-corrected chi connectivity index (χ2v) is 4.23. The van der Waals surface area contributed by atoms with Gasteiger partial charge in [-0.25, -0.2) is 4.79 Å². The molecule has 3 N–H and O–H groups in total. The minimum Gasteiger partial charge on any atom is -0.465 e. The molecule has 4 heteroatoms. The van der Waals surface area contributed by atoms with E-state index in [0.29, 0.717) is 11.3 Å². The zero-order valence-corrected chi connectivity index (χ0v) is 10.9. The Morgan fingerprint density at radius 1 is 1.16 bits per heavy atom. The number of nitrogens with two attached hydrogens (primary N) is 1. The Bertz CT molecular complexity index is 609. The number of hydrogen-bond acceptors (Lipinski definition) is 4. The number of nitrogen functional groups attached to an aromatic ring is 1. The highest BCUT2D eigenvalue weighted by atomic mass is 16.5. The molecule has 0 aromatic heterocycles. The summed E-state index contributed by atoms with van der Waals surface area (Å²) in [7, 11) is 1.35. The fourth-order valence-electron chi connectivity index (χ4n) is 1.78. The molecular formula is C15H16N2O2. The van der Waals surface area contributed by atoms with Crippen LogP contribution in [0, 0.1) is 6.92 Å². The highest BCUT2D eigenvalue weighted by Gasteiger charge is 2.08. The van der Waals surface area contributed by atoms with Gasteiger partial charge >= 0.3 is 5.97 Å². The van der Waals surface area contributed by atoms with E-state index >= 15 is 0 Å². The lowest BCUT2D eigenvalue weighted by molar-refractivity contribution is 0.0601. The van der Waals surface area contributed by atoms with Crippen molar-refractivity contribution in [3.05, 3.63) is 53.6 Å². The Hall–Kier alpha value is -2.49. The smallest absolute Gasteiger partial charge is 0.337 e. The molecular weight excluding hydrogens is 240 g/mol. The molecule has 0 radical (unpaired) electrons. The van der Waals surface area contributed by atoms with Crippen molar-refractivity contribution >= 4 is 23.0 Å². The number of hydrogen-bond donors (Lipinski definition) is 2. The molecule has 0 aliphatic carbocycles. The van der Waals surface area contributed by atoms with Crippen LogP contribution >= 0.6 is 0 Å². The first-order valence-corrected chi connectivity index (χ1v) is 5.92. The molecule has 0 saturated heterocycles. The summed E-state index contributed by atoms with van der Waals surface area (Å²) in [5.41, 5.74) is 9.76. The van der Waals surface area contributed by atoms with E-state index < -0.39 is 5.97 Å². The Balaban J connectivity index is 2.27. The minimum atomic E-state index is -0.394. The quantitative estimate of drug-likeness (QED) is 0.654. The summed E-state index contributed by atoms with van der Waals surface area (Å²) >= 11 is 0. The maximum Gasteiger partial charge on any atom is 0.337 e. The van der Waals surface area contributed by atoms with Crippen LogP contribution in [-0.4, -0.2) is 13.1 Å². The van der Waals surface area contributed by atoms with Crippen molar-refractivity contribution in [2.75, 3.05) is 18.2 Å². The molecule has 0 unspecified atom stereocenters.